The van der Waals surface area contributed by atoms with Gasteiger partial charge in [-0.1, -0.05) is 6.07 Å². The first-order valence-corrected chi connectivity index (χ1v) is 8.36. The predicted octanol–water partition coefficient (Wildman–Crippen LogP) is 4.49. The van der Waals surface area contributed by atoms with Gasteiger partial charge in [-0.2, -0.15) is 5.10 Å². The van der Waals surface area contributed by atoms with Crippen LogP contribution in [0.4, 0.5) is 10.2 Å². The van der Waals surface area contributed by atoms with Crippen LogP contribution in [0.1, 0.15) is 18.4 Å². The van der Waals surface area contributed by atoms with E-state index in [0.29, 0.717) is 0 Å². The lowest BCUT2D eigenvalue weighted by Crippen LogP contribution is -2.07. The SMILES string of the molecule is Fc1ccc(-n2nc(-c3cccs3)c3c2NCCCC3)cc1. The second-order valence-corrected chi connectivity index (χ2v) is 6.37. The Bertz CT molecular complexity index is 775. The summed E-state index contributed by atoms with van der Waals surface area (Å²) in [6.07, 6.45) is 3.34. The van der Waals surface area contributed by atoms with E-state index in [0.717, 1.165) is 43.0 Å². The molecule has 0 fully saturated rings. The van der Waals surface area contributed by atoms with E-state index >= 15 is 0 Å². The maximum absolute atomic E-state index is 13.2. The molecule has 22 heavy (non-hydrogen) atoms. The average Bonchev–Trinajstić information content (AvgIpc) is 3.10. The molecule has 5 heteroatoms. The molecule has 0 aliphatic carbocycles. The van der Waals surface area contributed by atoms with Gasteiger partial charge in [0, 0.05) is 12.1 Å². The highest BCUT2D eigenvalue weighted by atomic mass is 32.1. The quantitative estimate of drug-likeness (QED) is 0.755. The van der Waals surface area contributed by atoms with Crippen LogP contribution in [0.5, 0.6) is 0 Å². The zero-order valence-corrected chi connectivity index (χ0v) is 12.9. The molecular formula is C17H16FN3S. The molecule has 0 saturated heterocycles. The summed E-state index contributed by atoms with van der Waals surface area (Å²) in [5.41, 5.74) is 3.20. The van der Waals surface area contributed by atoms with E-state index in [4.69, 9.17) is 5.10 Å². The van der Waals surface area contributed by atoms with Crippen molar-refractivity contribution in [3.8, 4) is 16.3 Å². The number of hydrogen-bond donors (Lipinski definition) is 1. The van der Waals surface area contributed by atoms with Crippen molar-refractivity contribution < 1.29 is 4.39 Å². The lowest BCUT2D eigenvalue weighted by molar-refractivity contribution is 0.627. The van der Waals surface area contributed by atoms with E-state index in [-0.39, 0.29) is 5.82 Å². The second-order valence-electron chi connectivity index (χ2n) is 5.43. The third kappa shape index (κ3) is 2.31. The largest absolute Gasteiger partial charge is 0.370 e. The van der Waals surface area contributed by atoms with E-state index in [1.165, 1.54) is 22.6 Å². The molecule has 0 amide bonds. The summed E-state index contributed by atoms with van der Waals surface area (Å²) < 4.78 is 15.1. The van der Waals surface area contributed by atoms with Crippen molar-refractivity contribution in [3.05, 3.63) is 53.2 Å². The minimum Gasteiger partial charge on any atom is -0.370 e. The Morgan fingerprint density at radius 1 is 1.14 bits per heavy atom. The fraction of sp³-hybridized carbons (Fsp3) is 0.235. The van der Waals surface area contributed by atoms with E-state index < -0.39 is 0 Å². The van der Waals surface area contributed by atoms with Gasteiger partial charge in [0.1, 0.15) is 17.3 Å². The van der Waals surface area contributed by atoms with Gasteiger partial charge in [0.05, 0.1) is 10.6 Å². The number of nitrogens with one attached hydrogen (secondary N) is 1. The summed E-state index contributed by atoms with van der Waals surface area (Å²) in [7, 11) is 0. The van der Waals surface area contributed by atoms with Gasteiger partial charge in [-0.25, -0.2) is 9.07 Å². The normalized spacial score (nSPS) is 14.2. The van der Waals surface area contributed by atoms with Gasteiger partial charge >= 0.3 is 0 Å². The molecule has 3 heterocycles. The lowest BCUT2D eigenvalue weighted by Gasteiger charge is -2.09. The Hall–Kier alpha value is -2.14. The summed E-state index contributed by atoms with van der Waals surface area (Å²) in [5, 5.41) is 10.4. The fourth-order valence-electron chi connectivity index (χ4n) is 2.88. The number of anilines is 1. The topological polar surface area (TPSA) is 29.9 Å². The zero-order chi connectivity index (χ0) is 14.9. The highest BCUT2D eigenvalue weighted by molar-refractivity contribution is 7.13. The Morgan fingerprint density at radius 3 is 2.77 bits per heavy atom. The molecule has 0 radical (unpaired) electrons. The Kier molecular flexibility index (Phi) is 3.42. The monoisotopic (exact) mass is 313 g/mol. The maximum Gasteiger partial charge on any atom is 0.133 e. The highest BCUT2D eigenvalue weighted by Gasteiger charge is 2.22. The molecule has 1 aliphatic heterocycles. The van der Waals surface area contributed by atoms with Crippen LogP contribution in [0, 0.1) is 5.82 Å². The average molecular weight is 313 g/mol. The molecule has 1 aromatic carbocycles. The summed E-state index contributed by atoms with van der Waals surface area (Å²) in [4.78, 5) is 1.18. The first-order chi connectivity index (χ1) is 10.8. The van der Waals surface area contributed by atoms with Crippen LogP contribution in [-0.2, 0) is 6.42 Å². The van der Waals surface area contributed by atoms with E-state index in [1.807, 2.05) is 10.7 Å². The molecule has 1 N–H and O–H groups in total. The molecule has 0 unspecified atom stereocenters. The van der Waals surface area contributed by atoms with Gasteiger partial charge in [0.2, 0.25) is 0 Å². The maximum atomic E-state index is 13.2. The van der Waals surface area contributed by atoms with E-state index in [9.17, 15) is 4.39 Å². The molecule has 4 rings (SSSR count). The molecule has 112 valence electrons. The number of nitrogens with zero attached hydrogens (tertiary/aromatic N) is 2. The van der Waals surface area contributed by atoms with Crippen LogP contribution < -0.4 is 5.32 Å². The number of thiophene rings is 1. The van der Waals surface area contributed by atoms with Crippen LogP contribution in [-0.4, -0.2) is 16.3 Å². The van der Waals surface area contributed by atoms with Gasteiger partial charge in [-0.3, -0.25) is 0 Å². The van der Waals surface area contributed by atoms with Gasteiger partial charge in [-0.15, -0.1) is 11.3 Å². The minimum atomic E-state index is -0.228. The first kappa shape index (κ1) is 13.5. The van der Waals surface area contributed by atoms with Gasteiger partial charge < -0.3 is 5.32 Å². The van der Waals surface area contributed by atoms with Crippen LogP contribution >= 0.6 is 11.3 Å². The standard InChI is InChI=1S/C17H16FN3S/c18-12-6-8-13(9-7-12)21-17-14(4-1-2-10-19-17)16(20-21)15-5-3-11-22-15/h3,5-9,11,19H,1-2,4,10H2. The predicted molar refractivity (Wildman–Crippen MR) is 88.3 cm³/mol. The number of rotatable bonds is 2. The number of aromatic nitrogens is 2. The Labute approximate surface area is 132 Å². The van der Waals surface area contributed by atoms with E-state index in [1.54, 1.807) is 23.5 Å². The van der Waals surface area contributed by atoms with Crippen LogP contribution in [0.15, 0.2) is 41.8 Å². The smallest absolute Gasteiger partial charge is 0.133 e. The molecule has 3 nitrogen and oxygen atoms in total. The van der Waals surface area contributed by atoms with Crippen molar-refractivity contribution >= 4 is 17.2 Å². The summed E-state index contributed by atoms with van der Waals surface area (Å²) >= 11 is 1.70. The molecule has 0 saturated carbocycles. The molecule has 3 aromatic rings. The Morgan fingerprint density at radius 2 is 2.00 bits per heavy atom. The Balaban J connectivity index is 1.89. The van der Waals surface area contributed by atoms with E-state index in [2.05, 4.69) is 16.8 Å². The molecule has 0 bridgehead atoms. The molecule has 1 aliphatic rings. The van der Waals surface area contributed by atoms with Crippen molar-refractivity contribution in [2.75, 3.05) is 11.9 Å². The third-order valence-corrected chi connectivity index (χ3v) is 4.83. The lowest BCUT2D eigenvalue weighted by atomic mass is 10.1. The van der Waals surface area contributed by atoms with Gasteiger partial charge in [-0.05, 0) is 55.0 Å². The first-order valence-electron chi connectivity index (χ1n) is 7.48. The van der Waals surface area contributed by atoms with Crippen molar-refractivity contribution in [2.45, 2.75) is 19.3 Å². The van der Waals surface area contributed by atoms with Crippen molar-refractivity contribution in [1.29, 1.82) is 0 Å². The van der Waals surface area contributed by atoms with Crippen molar-refractivity contribution in [1.82, 2.24) is 9.78 Å². The minimum absolute atomic E-state index is 0.228. The number of fused-ring (bicyclic) bond motifs is 1. The van der Waals surface area contributed by atoms with Gasteiger partial charge in [0.25, 0.3) is 0 Å². The molecule has 2 aromatic heterocycles. The summed E-state index contributed by atoms with van der Waals surface area (Å²) in [6, 6.07) is 10.7. The number of benzene rings is 1. The number of halogens is 1. The van der Waals surface area contributed by atoms with Crippen molar-refractivity contribution in [3.63, 3.8) is 0 Å². The molecular weight excluding hydrogens is 297 g/mol. The van der Waals surface area contributed by atoms with Gasteiger partial charge in [0.15, 0.2) is 0 Å². The van der Waals surface area contributed by atoms with Crippen LogP contribution in [0.2, 0.25) is 0 Å². The second kappa shape index (κ2) is 5.57. The zero-order valence-electron chi connectivity index (χ0n) is 12.1. The van der Waals surface area contributed by atoms with Crippen LogP contribution in [0.3, 0.4) is 0 Å². The molecule has 0 spiro atoms. The third-order valence-electron chi connectivity index (χ3n) is 3.96. The summed E-state index contributed by atoms with van der Waals surface area (Å²) in [5.74, 6) is 0.820. The highest BCUT2D eigenvalue weighted by Crippen LogP contribution is 2.35. The van der Waals surface area contributed by atoms with Crippen molar-refractivity contribution in [2.24, 2.45) is 0 Å². The summed E-state index contributed by atoms with van der Waals surface area (Å²) in [6.45, 7) is 0.948. The fourth-order valence-corrected chi connectivity index (χ4v) is 3.62. The molecule has 0 atom stereocenters. The van der Waals surface area contributed by atoms with Crippen LogP contribution in [0.25, 0.3) is 16.3 Å². The number of hydrogen-bond acceptors (Lipinski definition) is 3.